The maximum Gasteiger partial charge on any atom is 0.0236 e. The molecular weight excluding hydrogens is 244 g/mol. The summed E-state index contributed by atoms with van der Waals surface area (Å²) >= 11 is 0. The minimum atomic E-state index is 0. The summed E-state index contributed by atoms with van der Waals surface area (Å²) in [7, 11) is 0. The standard InChI is InChI=1S/C15H22N2.ClH/c1-2-12-5-3-4-6-13(12)9-17-10-14-7-16-8-15(14)11-17;/h3-6,14-16H,2,7-11H2,1H3;1H/t14-,15+;. The van der Waals surface area contributed by atoms with E-state index >= 15 is 0 Å². The van der Waals surface area contributed by atoms with Crippen LogP contribution >= 0.6 is 12.4 Å². The molecule has 2 aliphatic rings. The van der Waals surface area contributed by atoms with Crippen molar-refractivity contribution in [3.8, 4) is 0 Å². The van der Waals surface area contributed by atoms with Gasteiger partial charge in [0.15, 0.2) is 0 Å². The van der Waals surface area contributed by atoms with Gasteiger partial charge in [0.25, 0.3) is 0 Å². The SMILES string of the molecule is CCc1ccccc1CN1C[C@H]2CNC[C@H]2C1.Cl. The number of hydrogen-bond acceptors (Lipinski definition) is 2. The summed E-state index contributed by atoms with van der Waals surface area (Å²) in [6.45, 7) is 8.44. The molecule has 2 nitrogen and oxygen atoms in total. The van der Waals surface area contributed by atoms with E-state index in [1.165, 1.54) is 37.3 Å². The smallest absolute Gasteiger partial charge is 0.0236 e. The van der Waals surface area contributed by atoms with Crippen molar-refractivity contribution in [2.24, 2.45) is 11.8 Å². The predicted molar refractivity (Wildman–Crippen MR) is 78.2 cm³/mol. The first-order chi connectivity index (χ1) is 8.36. The van der Waals surface area contributed by atoms with Crippen molar-refractivity contribution >= 4 is 12.4 Å². The number of halogens is 1. The number of likely N-dealkylation sites (tertiary alicyclic amines) is 1. The van der Waals surface area contributed by atoms with Crippen molar-refractivity contribution in [2.75, 3.05) is 26.2 Å². The van der Waals surface area contributed by atoms with Crippen molar-refractivity contribution in [1.82, 2.24) is 10.2 Å². The van der Waals surface area contributed by atoms with Crippen LogP contribution in [0.4, 0.5) is 0 Å². The summed E-state index contributed by atoms with van der Waals surface area (Å²) in [6, 6.07) is 8.90. The summed E-state index contributed by atoms with van der Waals surface area (Å²) in [5.41, 5.74) is 3.05. The van der Waals surface area contributed by atoms with E-state index in [2.05, 4.69) is 41.4 Å². The van der Waals surface area contributed by atoms with Crippen LogP contribution in [0.2, 0.25) is 0 Å². The van der Waals surface area contributed by atoms with Crippen molar-refractivity contribution in [2.45, 2.75) is 19.9 Å². The van der Waals surface area contributed by atoms with E-state index in [1.54, 1.807) is 0 Å². The molecule has 3 rings (SSSR count). The molecule has 100 valence electrons. The van der Waals surface area contributed by atoms with Crippen LogP contribution in [0.25, 0.3) is 0 Å². The zero-order valence-electron chi connectivity index (χ0n) is 11.1. The van der Waals surface area contributed by atoms with E-state index in [4.69, 9.17) is 0 Å². The normalized spacial score (nSPS) is 26.9. The minimum absolute atomic E-state index is 0. The molecule has 1 aromatic carbocycles. The highest BCUT2D eigenvalue weighted by Crippen LogP contribution is 2.27. The van der Waals surface area contributed by atoms with E-state index in [0.29, 0.717) is 0 Å². The molecule has 0 bridgehead atoms. The molecular formula is C15H23ClN2. The Hall–Kier alpha value is -0.570. The minimum Gasteiger partial charge on any atom is -0.316 e. The second kappa shape index (κ2) is 6.05. The van der Waals surface area contributed by atoms with Gasteiger partial charge in [0.1, 0.15) is 0 Å². The molecule has 2 saturated heterocycles. The molecule has 2 heterocycles. The van der Waals surface area contributed by atoms with E-state index in [-0.39, 0.29) is 12.4 Å². The lowest BCUT2D eigenvalue weighted by Gasteiger charge is -2.18. The number of nitrogens with zero attached hydrogens (tertiary/aromatic N) is 1. The summed E-state index contributed by atoms with van der Waals surface area (Å²) in [4.78, 5) is 2.64. The lowest BCUT2D eigenvalue weighted by molar-refractivity contribution is 0.305. The summed E-state index contributed by atoms with van der Waals surface area (Å²) in [6.07, 6.45) is 1.15. The second-order valence-corrected chi connectivity index (χ2v) is 5.49. The molecule has 2 fully saturated rings. The largest absolute Gasteiger partial charge is 0.316 e. The van der Waals surface area contributed by atoms with Gasteiger partial charge in [0, 0.05) is 19.6 Å². The van der Waals surface area contributed by atoms with Gasteiger partial charge in [-0.1, -0.05) is 31.2 Å². The van der Waals surface area contributed by atoms with Crippen LogP contribution in [-0.2, 0) is 13.0 Å². The van der Waals surface area contributed by atoms with Crippen molar-refractivity contribution < 1.29 is 0 Å². The molecule has 1 N–H and O–H groups in total. The Morgan fingerprint density at radius 1 is 1.11 bits per heavy atom. The maximum atomic E-state index is 3.50. The van der Waals surface area contributed by atoms with Crippen LogP contribution in [0, 0.1) is 11.8 Å². The van der Waals surface area contributed by atoms with Gasteiger partial charge >= 0.3 is 0 Å². The quantitative estimate of drug-likeness (QED) is 0.903. The topological polar surface area (TPSA) is 15.3 Å². The third-order valence-electron chi connectivity index (χ3n) is 4.36. The van der Waals surface area contributed by atoms with E-state index < -0.39 is 0 Å². The van der Waals surface area contributed by atoms with Crippen molar-refractivity contribution in [1.29, 1.82) is 0 Å². The molecule has 2 aliphatic heterocycles. The maximum absolute atomic E-state index is 3.50. The van der Waals surface area contributed by atoms with Gasteiger partial charge in [0.2, 0.25) is 0 Å². The highest BCUT2D eigenvalue weighted by Gasteiger charge is 2.35. The fourth-order valence-corrected chi connectivity index (χ4v) is 3.38. The van der Waals surface area contributed by atoms with Gasteiger partial charge in [-0.3, -0.25) is 4.90 Å². The Bertz CT molecular complexity index is 382. The van der Waals surface area contributed by atoms with Crippen LogP contribution in [0.15, 0.2) is 24.3 Å². The molecule has 0 radical (unpaired) electrons. The predicted octanol–water partition coefficient (Wildman–Crippen LogP) is 2.32. The average molecular weight is 267 g/mol. The molecule has 0 unspecified atom stereocenters. The first kappa shape index (κ1) is 13.9. The van der Waals surface area contributed by atoms with Crippen LogP contribution < -0.4 is 5.32 Å². The first-order valence-electron chi connectivity index (χ1n) is 6.86. The number of fused-ring (bicyclic) bond motifs is 1. The number of nitrogens with one attached hydrogen (secondary N) is 1. The summed E-state index contributed by atoms with van der Waals surface area (Å²) in [5, 5.41) is 3.50. The van der Waals surface area contributed by atoms with Crippen molar-refractivity contribution in [3.63, 3.8) is 0 Å². The molecule has 3 heteroatoms. The molecule has 2 atom stereocenters. The van der Waals surface area contributed by atoms with Crippen LogP contribution in [0.1, 0.15) is 18.1 Å². The molecule has 0 spiro atoms. The third kappa shape index (κ3) is 2.71. The molecule has 0 aromatic heterocycles. The monoisotopic (exact) mass is 266 g/mol. The van der Waals surface area contributed by atoms with Gasteiger partial charge < -0.3 is 5.32 Å². The van der Waals surface area contributed by atoms with Crippen LogP contribution in [-0.4, -0.2) is 31.1 Å². The molecule has 1 aromatic rings. The fraction of sp³-hybridized carbons (Fsp3) is 0.600. The Balaban J connectivity index is 0.00000120. The van der Waals surface area contributed by atoms with Gasteiger partial charge in [-0.25, -0.2) is 0 Å². The Labute approximate surface area is 116 Å². The zero-order chi connectivity index (χ0) is 11.7. The summed E-state index contributed by atoms with van der Waals surface area (Å²) < 4.78 is 0. The first-order valence-corrected chi connectivity index (χ1v) is 6.86. The molecule has 0 saturated carbocycles. The van der Waals surface area contributed by atoms with E-state index in [9.17, 15) is 0 Å². The Morgan fingerprint density at radius 3 is 2.33 bits per heavy atom. The average Bonchev–Trinajstić information content (AvgIpc) is 2.90. The van der Waals surface area contributed by atoms with Crippen LogP contribution in [0.5, 0.6) is 0 Å². The van der Waals surface area contributed by atoms with E-state index in [1.807, 2.05) is 0 Å². The van der Waals surface area contributed by atoms with E-state index in [0.717, 1.165) is 24.8 Å². The highest BCUT2D eigenvalue weighted by atomic mass is 35.5. The lowest BCUT2D eigenvalue weighted by atomic mass is 10.0. The van der Waals surface area contributed by atoms with Gasteiger partial charge in [-0.05, 0) is 42.5 Å². The van der Waals surface area contributed by atoms with Crippen molar-refractivity contribution in [3.05, 3.63) is 35.4 Å². The third-order valence-corrected chi connectivity index (χ3v) is 4.36. The second-order valence-electron chi connectivity index (χ2n) is 5.49. The van der Waals surface area contributed by atoms with Gasteiger partial charge in [-0.15, -0.1) is 12.4 Å². The zero-order valence-corrected chi connectivity index (χ0v) is 11.9. The lowest BCUT2D eigenvalue weighted by Crippen LogP contribution is -2.25. The summed E-state index contributed by atoms with van der Waals surface area (Å²) in [5.74, 6) is 1.81. The highest BCUT2D eigenvalue weighted by molar-refractivity contribution is 5.85. The van der Waals surface area contributed by atoms with Gasteiger partial charge in [0.05, 0.1) is 0 Å². The fourth-order valence-electron chi connectivity index (χ4n) is 3.38. The van der Waals surface area contributed by atoms with Crippen LogP contribution in [0.3, 0.4) is 0 Å². The van der Waals surface area contributed by atoms with Gasteiger partial charge in [-0.2, -0.15) is 0 Å². The molecule has 0 amide bonds. The number of rotatable bonds is 3. The Kier molecular flexibility index (Phi) is 4.66. The molecule has 18 heavy (non-hydrogen) atoms. The number of benzene rings is 1. The Morgan fingerprint density at radius 2 is 1.72 bits per heavy atom. The number of hydrogen-bond donors (Lipinski definition) is 1. The molecule has 0 aliphatic carbocycles. The number of aryl methyl sites for hydroxylation is 1.